The van der Waals surface area contributed by atoms with Crippen molar-refractivity contribution in [2.24, 2.45) is 0 Å². The first-order valence-electron chi connectivity index (χ1n) is 46.3. The van der Waals surface area contributed by atoms with Gasteiger partial charge in [-0.2, -0.15) is 0 Å². The molecule has 35 heteroatoms. The van der Waals surface area contributed by atoms with E-state index in [1.807, 2.05) is 175 Å². The van der Waals surface area contributed by atoms with E-state index in [4.69, 9.17) is 14.2 Å². The Morgan fingerprint density at radius 2 is 0.676 bits per heavy atom. The van der Waals surface area contributed by atoms with Crippen LogP contribution in [0, 0.1) is 37.1 Å². The minimum atomic E-state index is -0.332. The number of pyridine rings is 6. The molecule has 5 fully saturated rings. The van der Waals surface area contributed by atoms with E-state index in [9.17, 15) is 37.1 Å². The molecule has 0 bridgehead atoms. The summed E-state index contributed by atoms with van der Waals surface area (Å²) in [5.41, 5.74) is 13.3. The van der Waals surface area contributed by atoms with Crippen molar-refractivity contribution in [1.29, 1.82) is 0 Å². The summed E-state index contributed by atoms with van der Waals surface area (Å²) in [6.07, 6.45) is 6.44. The van der Waals surface area contributed by atoms with Crippen LogP contribution in [0.1, 0.15) is 25.2 Å². The summed E-state index contributed by atoms with van der Waals surface area (Å²) >= 11 is 0. The van der Waals surface area contributed by atoms with Crippen LogP contribution < -0.4 is 57.6 Å². The van der Waals surface area contributed by atoms with Crippen molar-refractivity contribution in [2.75, 3.05) is 150 Å². The number of H-pyrrole nitrogens is 5. The molecule has 11 aromatic heterocycles. The molecule has 5 aliphatic rings. The third-order valence-electron chi connectivity index (χ3n) is 26.2. The lowest BCUT2D eigenvalue weighted by atomic mass is 10.1. The largest absolute Gasteiger partial charge is 0.378 e. The van der Waals surface area contributed by atoms with E-state index in [1.165, 1.54) is 43.0 Å². The van der Waals surface area contributed by atoms with E-state index in [0.29, 0.717) is 172 Å². The van der Waals surface area contributed by atoms with E-state index >= 15 is 4.39 Å². The number of morpholine rings is 3. The fraction of sp³-hybridized carbons (Fsp3) is 0.240. The summed E-state index contributed by atoms with van der Waals surface area (Å²) in [6.45, 7) is 21.1. The van der Waals surface area contributed by atoms with E-state index in [1.54, 1.807) is 71.9 Å². The molecule has 6 N–H and O–H groups in total. The topological polar surface area (TPSA) is 325 Å². The number of anilines is 5. The number of fused-ring (bicyclic) bond motifs is 15. The van der Waals surface area contributed by atoms with Gasteiger partial charge in [0, 0.05) is 149 Å². The Morgan fingerprint density at radius 1 is 0.324 bits per heavy atom. The lowest BCUT2D eigenvalue weighted by Crippen LogP contribution is -2.45. The van der Waals surface area contributed by atoms with Gasteiger partial charge in [-0.1, -0.05) is 78.9 Å². The van der Waals surface area contributed by atoms with E-state index < -0.39 is 0 Å². The summed E-state index contributed by atoms with van der Waals surface area (Å²) in [5.74, 6) is -0.782. The van der Waals surface area contributed by atoms with Gasteiger partial charge in [0.2, 0.25) is 0 Å². The molecule has 5 saturated heterocycles. The minimum Gasteiger partial charge on any atom is -0.378 e. The van der Waals surface area contributed by atoms with Gasteiger partial charge in [-0.15, -0.1) is 0 Å². The first-order valence-corrected chi connectivity index (χ1v) is 46.3. The molecular formula is C104H97F4N23O8. The number of halogens is 4. The number of likely N-dealkylation sites (N-methyl/N-ethyl adjacent to an activating group) is 1. The van der Waals surface area contributed by atoms with Crippen molar-refractivity contribution in [1.82, 2.24) is 89.0 Å². The molecular weight excluding hydrogens is 1780 g/mol. The van der Waals surface area contributed by atoms with Crippen LogP contribution in [0.5, 0.6) is 0 Å². The second-order valence-corrected chi connectivity index (χ2v) is 35.2. The highest BCUT2D eigenvalue weighted by Crippen LogP contribution is 2.37. The molecule has 0 saturated carbocycles. The Morgan fingerprint density at radius 3 is 1.11 bits per heavy atom. The second-order valence-electron chi connectivity index (χ2n) is 35.2. The third-order valence-corrected chi connectivity index (χ3v) is 26.2. The smallest absolute Gasteiger partial charge is 0.282 e. The number of ether oxygens (including phenoxy) is 3. The Kier molecular flexibility index (Phi) is 24.5. The zero-order chi connectivity index (χ0) is 95.4. The molecule has 0 amide bonds. The number of aromatic amines is 5. The summed E-state index contributed by atoms with van der Waals surface area (Å²) in [7, 11) is 2.06. The number of piperazine rings is 2. The fourth-order valence-corrected chi connectivity index (χ4v) is 19.2. The lowest BCUT2D eigenvalue weighted by Gasteiger charge is -2.37. The number of nitrogens with zero attached hydrogens (tertiary/aromatic N) is 17. The van der Waals surface area contributed by atoms with E-state index in [2.05, 4.69) is 89.7 Å². The van der Waals surface area contributed by atoms with E-state index in [-0.39, 0.29) is 63.3 Å². The first kappa shape index (κ1) is 89.6. The maximum absolute atomic E-state index is 15.1. The van der Waals surface area contributed by atoms with Gasteiger partial charge in [0.05, 0.1) is 178 Å². The zero-order valence-corrected chi connectivity index (χ0v) is 76.7. The van der Waals surface area contributed by atoms with Crippen LogP contribution in [0.2, 0.25) is 0 Å². The molecule has 2 unspecified atom stereocenters. The monoisotopic (exact) mass is 1870 g/mol. The molecule has 704 valence electrons. The molecule has 31 nitrogen and oxygen atoms in total. The summed E-state index contributed by atoms with van der Waals surface area (Å²) in [4.78, 5) is 104. The molecule has 5 aliphatic heterocycles. The SMILES string of the molecule is CC1CN(c2cc3ncc4c(=O)n(-c5ccccc5)[nH]c4c3cc2F)CC(C)O1.CN1CCN(c2cc3ncc4c(=O)n(-c5ccccn5)[nH]c4c3cc2F)CC1.Cc1nc2cc(N3CCNCC3)c(F)cc2c2[nH]n(-c3ccccc3)c(=O)c12.Cc1nc2cc(N3CCOCC3)c(F)cc2c2[nH]n(-c3ccccc3)c(=O)c12.O=c1c2cnc3cc(N4CCOCC4)ccc3c2[nH]n1-c1ccccc1. The van der Waals surface area contributed by atoms with Crippen LogP contribution in [-0.4, -0.2) is 221 Å². The average Bonchev–Trinajstić information content (AvgIpc) is 1.66. The maximum atomic E-state index is 15.1. The van der Waals surface area contributed by atoms with Gasteiger partial charge < -0.3 is 48.9 Å². The number of aryl methyl sites for hydroxylation is 2. The standard InChI is InChI=1S/C22H21FN4O2.C21H20FN5O.C21H19FN4O2.C20H19FN6O.C20H18N4O2/c1-13-11-26(12-14(2)29-13)20-9-19-16(8-18(20)23)21-17(10-24-19)22(28)27(25-21)15-6-4-3-5-7-15;1-13-19-20(25-27(21(19)28)14-5-3-2-4-6-14)15-11-16(22)18(12-17(15)24-13)26-9-7-23-8-10-26;1-13-19-20(24-26(21(19)27)14-5-3-2-4-6-14)15-11-16(22)18(12-17(15)23-13)25-7-9-28-10-8-25;1-25-6-8-26(9-7-25)17-11-16-13(10-15(17)21)19-14(12-23-16)20(28)27(24-19)18-4-2-3-5-22-18;25-20-17-13-21-18-12-15(23-8-10-26-11-9-23)6-7-16(18)19(17)22-24(20)14-4-2-1-3-5-14/h3-10,13-14,25H,11-12H2,1-2H3;2-6,11-12,23,25H,7-10H2,1H3;2-6,11-12,24H,7-10H2,1H3;2-5,10-12,24H,6-9H2,1H3;1-7,12-13,22H,8-11H2. The van der Waals surface area contributed by atoms with Crippen molar-refractivity contribution in [2.45, 2.75) is 39.9 Å². The van der Waals surface area contributed by atoms with Gasteiger partial charge in [-0.25, -0.2) is 46.0 Å². The lowest BCUT2D eigenvalue weighted by molar-refractivity contribution is -0.00539. The van der Waals surface area contributed by atoms with Crippen molar-refractivity contribution in [3.8, 4) is 28.6 Å². The second kappa shape index (κ2) is 38.0. The normalized spacial score (nSPS) is 16.1. The van der Waals surface area contributed by atoms with Crippen molar-refractivity contribution < 1.29 is 31.8 Å². The van der Waals surface area contributed by atoms with Crippen molar-refractivity contribution >= 4 is 137 Å². The molecule has 16 heterocycles. The predicted octanol–water partition coefficient (Wildman–Crippen LogP) is 14.4. The Labute approximate surface area is 789 Å². The summed E-state index contributed by atoms with van der Waals surface area (Å²) in [6, 6.07) is 62.0. The molecule has 9 aromatic carbocycles. The van der Waals surface area contributed by atoms with Crippen LogP contribution >= 0.6 is 0 Å². The predicted molar refractivity (Wildman–Crippen MR) is 536 cm³/mol. The van der Waals surface area contributed by atoms with Gasteiger partial charge >= 0.3 is 0 Å². The van der Waals surface area contributed by atoms with Gasteiger partial charge in [0.15, 0.2) is 5.82 Å². The van der Waals surface area contributed by atoms with Crippen molar-refractivity contribution in [3.05, 3.63) is 317 Å². The number of hydrogen-bond acceptors (Lipinski definition) is 21. The number of rotatable bonds is 10. The number of aromatic nitrogens is 16. The highest BCUT2D eigenvalue weighted by Gasteiger charge is 2.30. The highest BCUT2D eigenvalue weighted by atomic mass is 19.1. The minimum absolute atomic E-state index is 0.0283. The highest BCUT2D eigenvalue weighted by molar-refractivity contribution is 6.09. The number of benzene rings is 9. The Hall–Kier alpha value is -16.0. The van der Waals surface area contributed by atoms with Gasteiger partial charge in [-0.3, -0.25) is 74.4 Å². The molecule has 0 aliphatic carbocycles. The zero-order valence-electron chi connectivity index (χ0n) is 76.7. The Bertz CT molecular complexity index is 8170. The number of hydrogen-bond donors (Lipinski definition) is 6. The average molecular weight is 1870 g/mol. The van der Waals surface area contributed by atoms with Crippen LogP contribution in [0.25, 0.3) is 138 Å². The van der Waals surface area contributed by atoms with Crippen LogP contribution in [-0.2, 0) is 14.2 Å². The molecule has 0 spiro atoms. The third kappa shape index (κ3) is 17.4. The van der Waals surface area contributed by atoms with Crippen LogP contribution in [0.4, 0.5) is 46.0 Å². The van der Waals surface area contributed by atoms with Gasteiger partial charge in [0.1, 0.15) is 23.3 Å². The van der Waals surface area contributed by atoms with Crippen LogP contribution in [0.3, 0.4) is 0 Å². The Balaban J connectivity index is 0.000000103. The quantitative estimate of drug-likeness (QED) is 0.0693. The fourth-order valence-electron chi connectivity index (χ4n) is 19.2. The molecule has 0 radical (unpaired) electrons. The van der Waals surface area contributed by atoms with Gasteiger partial charge in [-0.05, 0) is 162 Å². The number of para-hydroxylation sites is 4. The van der Waals surface area contributed by atoms with Gasteiger partial charge in [0.25, 0.3) is 27.8 Å². The molecule has 139 heavy (non-hydrogen) atoms. The van der Waals surface area contributed by atoms with Crippen molar-refractivity contribution in [3.63, 3.8) is 0 Å². The molecule has 25 rings (SSSR count). The first-order chi connectivity index (χ1) is 67.7. The van der Waals surface area contributed by atoms with Crippen LogP contribution in [0.15, 0.2) is 255 Å². The maximum Gasteiger partial charge on any atom is 0.282 e. The number of nitrogens with one attached hydrogen (secondary N) is 6. The summed E-state index contributed by atoms with van der Waals surface area (Å²) in [5, 5.41) is 24.8. The molecule has 2 atom stereocenters. The van der Waals surface area contributed by atoms with E-state index in [0.717, 1.165) is 124 Å². The molecule has 20 aromatic rings. The summed E-state index contributed by atoms with van der Waals surface area (Å²) < 4.78 is 83.9.